The van der Waals surface area contributed by atoms with E-state index in [1.165, 1.54) is 12.1 Å². The molecule has 2 aromatic rings. The predicted octanol–water partition coefficient (Wildman–Crippen LogP) is 3.36. The molecule has 2 nitrogen and oxygen atoms in total. The summed E-state index contributed by atoms with van der Waals surface area (Å²) in [6, 6.07) is 10.4. The van der Waals surface area contributed by atoms with E-state index in [9.17, 15) is 13.6 Å². The number of ether oxygens (including phenoxy) is 1. The fourth-order valence-corrected chi connectivity index (χ4v) is 1.45. The highest BCUT2D eigenvalue weighted by Crippen LogP contribution is 2.20. The minimum atomic E-state index is -0.998. The number of carbonyl (C=O) groups excluding carboxylic acids is 1. The van der Waals surface area contributed by atoms with E-state index < -0.39 is 11.6 Å². The van der Waals surface area contributed by atoms with Crippen LogP contribution in [0.5, 0.6) is 5.75 Å². The molecule has 0 bridgehead atoms. The molecule has 0 saturated carbocycles. The average Bonchev–Trinajstić information content (AvgIpc) is 2.41. The Labute approximate surface area is 103 Å². The number of halogens is 2. The van der Waals surface area contributed by atoms with Crippen LogP contribution in [0.1, 0.15) is 15.9 Å². The van der Waals surface area contributed by atoms with Gasteiger partial charge >= 0.3 is 0 Å². The van der Waals surface area contributed by atoms with Crippen molar-refractivity contribution in [1.82, 2.24) is 0 Å². The number of aldehydes is 1. The number of hydrogen-bond donors (Lipinski definition) is 0. The molecule has 0 saturated heterocycles. The maximum Gasteiger partial charge on any atom is 0.200 e. The van der Waals surface area contributed by atoms with Gasteiger partial charge in [0.05, 0.1) is 0 Å². The lowest BCUT2D eigenvalue weighted by atomic mass is 10.2. The van der Waals surface area contributed by atoms with Crippen LogP contribution in [0, 0.1) is 11.6 Å². The normalized spacial score (nSPS) is 10.1. The Morgan fingerprint density at radius 3 is 2.44 bits per heavy atom. The first-order chi connectivity index (χ1) is 8.70. The smallest absolute Gasteiger partial charge is 0.200 e. The van der Waals surface area contributed by atoms with E-state index in [4.69, 9.17) is 4.74 Å². The molecule has 0 N–H and O–H groups in total. The van der Waals surface area contributed by atoms with Crippen molar-refractivity contribution in [1.29, 1.82) is 0 Å². The van der Waals surface area contributed by atoms with Gasteiger partial charge in [0.25, 0.3) is 0 Å². The van der Waals surface area contributed by atoms with Crippen molar-refractivity contribution in [3.05, 3.63) is 65.2 Å². The number of benzene rings is 2. The first-order valence-electron chi connectivity index (χ1n) is 5.31. The van der Waals surface area contributed by atoms with Crippen LogP contribution >= 0.6 is 0 Å². The molecular formula is C14H10F2O2. The summed E-state index contributed by atoms with van der Waals surface area (Å²) in [5.74, 6) is -2.07. The summed E-state index contributed by atoms with van der Waals surface area (Å²) in [5.41, 5.74) is 1.32. The van der Waals surface area contributed by atoms with Gasteiger partial charge < -0.3 is 4.74 Å². The number of carbonyl (C=O) groups is 1. The summed E-state index contributed by atoms with van der Waals surface area (Å²) >= 11 is 0. The largest absolute Gasteiger partial charge is 0.486 e. The minimum Gasteiger partial charge on any atom is -0.486 e. The van der Waals surface area contributed by atoms with Gasteiger partial charge in [-0.3, -0.25) is 4.79 Å². The zero-order valence-corrected chi connectivity index (χ0v) is 9.40. The molecule has 0 aliphatic carbocycles. The van der Waals surface area contributed by atoms with Crippen molar-refractivity contribution < 1.29 is 18.3 Å². The van der Waals surface area contributed by atoms with Gasteiger partial charge in [-0.05, 0) is 17.7 Å². The van der Waals surface area contributed by atoms with Crippen LogP contribution in [-0.4, -0.2) is 6.29 Å². The van der Waals surface area contributed by atoms with E-state index >= 15 is 0 Å². The highest BCUT2D eigenvalue weighted by molar-refractivity contribution is 5.74. The highest BCUT2D eigenvalue weighted by Gasteiger charge is 2.08. The highest BCUT2D eigenvalue weighted by atomic mass is 19.2. The standard InChI is InChI=1S/C14H10F2O2/c15-12-2-1-3-13(14(12)16)18-9-11-6-4-10(8-17)5-7-11/h1-8H,9H2. The maximum atomic E-state index is 13.3. The summed E-state index contributed by atoms with van der Waals surface area (Å²) in [6.07, 6.45) is 0.733. The fraction of sp³-hybridized carbons (Fsp3) is 0.0714. The SMILES string of the molecule is O=Cc1ccc(COc2cccc(F)c2F)cc1. The molecule has 0 amide bonds. The van der Waals surface area contributed by atoms with Gasteiger partial charge in [0, 0.05) is 5.56 Å². The number of rotatable bonds is 4. The first kappa shape index (κ1) is 12.2. The average molecular weight is 248 g/mol. The van der Waals surface area contributed by atoms with E-state index in [2.05, 4.69) is 0 Å². The summed E-state index contributed by atoms with van der Waals surface area (Å²) in [5, 5.41) is 0. The second kappa shape index (κ2) is 5.40. The van der Waals surface area contributed by atoms with Gasteiger partial charge in [-0.25, -0.2) is 4.39 Å². The van der Waals surface area contributed by atoms with Crippen molar-refractivity contribution >= 4 is 6.29 Å². The number of hydrogen-bond acceptors (Lipinski definition) is 2. The van der Waals surface area contributed by atoms with E-state index in [1.807, 2.05) is 0 Å². The third-order valence-corrected chi connectivity index (χ3v) is 2.43. The Kier molecular flexibility index (Phi) is 3.67. The summed E-state index contributed by atoms with van der Waals surface area (Å²) < 4.78 is 31.4. The minimum absolute atomic E-state index is 0.111. The third kappa shape index (κ3) is 2.71. The zero-order chi connectivity index (χ0) is 13.0. The van der Waals surface area contributed by atoms with Crippen molar-refractivity contribution in [3.8, 4) is 5.75 Å². The van der Waals surface area contributed by atoms with Crippen LogP contribution < -0.4 is 4.74 Å². The second-order valence-electron chi connectivity index (χ2n) is 3.70. The molecule has 0 aliphatic heterocycles. The molecule has 0 radical (unpaired) electrons. The summed E-state index contributed by atoms with van der Waals surface area (Å²) in [6.45, 7) is 0.111. The molecule has 18 heavy (non-hydrogen) atoms. The van der Waals surface area contributed by atoms with Gasteiger partial charge in [-0.2, -0.15) is 4.39 Å². The van der Waals surface area contributed by atoms with Crippen molar-refractivity contribution in [2.45, 2.75) is 6.61 Å². The molecule has 92 valence electrons. The molecule has 0 aliphatic rings. The lowest BCUT2D eigenvalue weighted by Crippen LogP contribution is -1.98. The van der Waals surface area contributed by atoms with Crippen molar-refractivity contribution in [2.75, 3.05) is 0 Å². The Balaban J connectivity index is 2.06. The molecule has 0 spiro atoms. The van der Waals surface area contributed by atoms with E-state index in [0.717, 1.165) is 17.9 Å². The predicted molar refractivity (Wildman–Crippen MR) is 62.5 cm³/mol. The van der Waals surface area contributed by atoms with Crippen LogP contribution in [-0.2, 0) is 6.61 Å². The molecule has 0 fully saturated rings. The lowest BCUT2D eigenvalue weighted by Gasteiger charge is -2.07. The quantitative estimate of drug-likeness (QED) is 0.775. The van der Waals surface area contributed by atoms with E-state index in [0.29, 0.717) is 5.56 Å². The van der Waals surface area contributed by atoms with Crippen molar-refractivity contribution in [2.24, 2.45) is 0 Å². The Bertz CT molecular complexity index is 550. The van der Waals surface area contributed by atoms with Crippen molar-refractivity contribution in [3.63, 3.8) is 0 Å². The van der Waals surface area contributed by atoms with Gasteiger partial charge in [-0.1, -0.05) is 30.3 Å². The monoisotopic (exact) mass is 248 g/mol. The fourth-order valence-electron chi connectivity index (χ4n) is 1.45. The zero-order valence-electron chi connectivity index (χ0n) is 9.40. The van der Waals surface area contributed by atoms with E-state index in [1.54, 1.807) is 24.3 Å². The first-order valence-corrected chi connectivity index (χ1v) is 5.31. The topological polar surface area (TPSA) is 26.3 Å². The Morgan fingerprint density at radius 2 is 1.78 bits per heavy atom. The van der Waals surface area contributed by atoms with Crippen LogP contribution in [0.3, 0.4) is 0 Å². The van der Waals surface area contributed by atoms with Crippen LogP contribution in [0.15, 0.2) is 42.5 Å². The van der Waals surface area contributed by atoms with Crippen LogP contribution in [0.25, 0.3) is 0 Å². The van der Waals surface area contributed by atoms with Crippen LogP contribution in [0.4, 0.5) is 8.78 Å². The Hall–Kier alpha value is -2.23. The summed E-state index contributed by atoms with van der Waals surface area (Å²) in [7, 11) is 0. The van der Waals surface area contributed by atoms with E-state index in [-0.39, 0.29) is 12.4 Å². The van der Waals surface area contributed by atoms with Gasteiger partial charge in [0.15, 0.2) is 11.6 Å². The third-order valence-electron chi connectivity index (χ3n) is 2.43. The Morgan fingerprint density at radius 1 is 1.06 bits per heavy atom. The molecular weight excluding hydrogens is 238 g/mol. The molecule has 2 rings (SSSR count). The summed E-state index contributed by atoms with van der Waals surface area (Å²) in [4.78, 5) is 10.5. The molecule has 0 aromatic heterocycles. The molecule has 4 heteroatoms. The second-order valence-corrected chi connectivity index (χ2v) is 3.70. The molecule has 2 aromatic carbocycles. The molecule has 0 unspecified atom stereocenters. The van der Waals surface area contributed by atoms with Gasteiger partial charge in [0.2, 0.25) is 5.82 Å². The molecule has 0 atom stereocenters. The van der Waals surface area contributed by atoms with Gasteiger partial charge in [-0.15, -0.1) is 0 Å². The van der Waals surface area contributed by atoms with Gasteiger partial charge in [0.1, 0.15) is 12.9 Å². The molecule has 0 heterocycles. The lowest BCUT2D eigenvalue weighted by molar-refractivity contribution is 0.112. The maximum absolute atomic E-state index is 13.3. The van der Waals surface area contributed by atoms with Crippen LogP contribution in [0.2, 0.25) is 0 Å².